The average Bonchev–Trinajstić information content (AvgIpc) is 2.99. The number of fused-ring (bicyclic) bond motifs is 1. The van der Waals surface area contributed by atoms with Crippen molar-refractivity contribution in [1.82, 2.24) is 4.98 Å². The van der Waals surface area contributed by atoms with Gasteiger partial charge in [-0.2, -0.15) is 0 Å². The number of para-hydroxylation sites is 1. The second kappa shape index (κ2) is 8.12. The first-order valence-corrected chi connectivity index (χ1v) is 8.91. The molecule has 146 valence electrons. The number of carbonyl (C=O) groups excluding carboxylic acids is 3. The van der Waals surface area contributed by atoms with Gasteiger partial charge in [0.1, 0.15) is 12.4 Å². The molecule has 0 bridgehead atoms. The van der Waals surface area contributed by atoms with Crippen molar-refractivity contribution in [2.24, 2.45) is 0 Å². The van der Waals surface area contributed by atoms with E-state index in [-0.39, 0.29) is 24.3 Å². The van der Waals surface area contributed by atoms with Crippen molar-refractivity contribution in [3.63, 3.8) is 0 Å². The molecule has 28 heavy (non-hydrogen) atoms. The van der Waals surface area contributed by atoms with Crippen molar-refractivity contribution in [2.75, 3.05) is 19.8 Å². The lowest BCUT2D eigenvalue weighted by molar-refractivity contribution is -0.138. The standard InChI is InChI=1S/C21H21NO6/c1-4-26-21(25)19-13(3)22-12(2)18(19)16(23)11-28-20(24)15-9-14-7-5-6-8-17(14)27-10-15/h5-9,22H,4,10-11H2,1-3H3. The minimum atomic E-state index is -0.634. The van der Waals surface area contributed by atoms with Gasteiger partial charge in [-0.1, -0.05) is 18.2 Å². The Kier molecular flexibility index (Phi) is 5.63. The Morgan fingerprint density at radius 1 is 1.04 bits per heavy atom. The second-order valence-corrected chi connectivity index (χ2v) is 6.34. The van der Waals surface area contributed by atoms with E-state index >= 15 is 0 Å². The number of Topliss-reactive ketones (excluding diaryl/α,β-unsaturated/α-hetero) is 1. The molecule has 0 saturated carbocycles. The zero-order valence-corrected chi connectivity index (χ0v) is 16.0. The Morgan fingerprint density at radius 3 is 2.50 bits per heavy atom. The number of aromatic nitrogens is 1. The largest absolute Gasteiger partial charge is 0.488 e. The van der Waals surface area contributed by atoms with Crippen LogP contribution in [0.5, 0.6) is 5.75 Å². The second-order valence-electron chi connectivity index (χ2n) is 6.34. The Labute approximate surface area is 162 Å². The third kappa shape index (κ3) is 3.83. The Balaban J connectivity index is 1.72. The fourth-order valence-electron chi connectivity index (χ4n) is 3.12. The summed E-state index contributed by atoms with van der Waals surface area (Å²) < 4.78 is 15.7. The van der Waals surface area contributed by atoms with Gasteiger partial charge in [0.15, 0.2) is 6.61 Å². The van der Waals surface area contributed by atoms with Crippen LogP contribution < -0.4 is 4.74 Å². The first-order chi connectivity index (χ1) is 13.4. The van der Waals surface area contributed by atoms with Crippen LogP contribution in [0.1, 0.15) is 44.6 Å². The van der Waals surface area contributed by atoms with Gasteiger partial charge < -0.3 is 19.2 Å². The van der Waals surface area contributed by atoms with E-state index in [4.69, 9.17) is 14.2 Å². The number of ether oxygens (including phenoxy) is 3. The van der Waals surface area contributed by atoms with Gasteiger partial charge in [-0.25, -0.2) is 9.59 Å². The van der Waals surface area contributed by atoms with Crippen LogP contribution in [-0.2, 0) is 14.3 Å². The van der Waals surface area contributed by atoms with Gasteiger partial charge in [0.05, 0.1) is 23.3 Å². The molecule has 0 aliphatic carbocycles. The van der Waals surface area contributed by atoms with E-state index in [1.165, 1.54) is 0 Å². The van der Waals surface area contributed by atoms with Crippen molar-refractivity contribution < 1.29 is 28.6 Å². The Bertz CT molecular complexity index is 969. The van der Waals surface area contributed by atoms with Crippen molar-refractivity contribution in [3.8, 4) is 5.75 Å². The van der Waals surface area contributed by atoms with Gasteiger partial charge in [0.25, 0.3) is 0 Å². The normalized spacial score (nSPS) is 12.5. The Hall–Kier alpha value is -3.35. The molecule has 0 spiro atoms. The highest BCUT2D eigenvalue weighted by atomic mass is 16.5. The first kappa shape index (κ1) is 19.4. The molecule has 1 aromatic carbocycles. The smallest absolute Gasteiger partial charge is 0.340 e. The third-order valence-corrected chi connectivity index (χ3v) is 4.36. The van der Waals surface area contributed by atoms with E-state index in [0.29, 0.717) is 22.7 Å². The van der Waals surface area contributed by atoms with Crippen LogP contribution in [0.2, 0.25) is 0 Å². The van der Waals surface area contributed by atoms with Gasteiger partial charge >= 0.3 is 11.9 Å². The molecule has 1 N–H and O–H groups in total. The zero-order valence-electron chi connectivity index (χ0n) is 16.0. The number of ketones is 1. The number of H-pyrrole nitrogens is 1. The molecule has 0 atom stereocenters. The van der Waals surface area contributed by atoms with Gasteiger partial charge in [-0.05, 0) is 32.9 Å². The molecule has 0 unspecified atom stereocenters. The molecule has 7 nitrogen and oxygen atoms in total. The number of carbonyl (C=O) groups is 3. The van der Waals surface area contributed by atoms with Crippen molar-refractivity contribution in [1.29, 1.82) is 0 Å². The van der Waals surface area contributed by atoms with E-state index in [0.717, 1.165) is 5.56 Å². The van der Waals surface area contributed by atoms with Crippen molar-refractivity contribution in [2.45, 2.75) is 20.8 Å². The van der Waals surface area contributed by atoms with Crippen LogP contribution in [0, 0.1) is 13.8 Å². The molecule has 1 aliphatic rings. The highest BCUT2D eigenvalue weighted by Gasteiger charge is 2.27. The lowest BCUT2D eigenvalue weighted by Gasteiger charge is -2.16. The molecule has 0 radical (unpaired) electrons. The number of aromatic amines is 1. The minimum absolute atomic E-state index is 0.0698. The van der Waals surface area contributed by atoms with E-state index in [9.17, 15) is 14.4 Å². The predicted octanol–water partition coefficient (Wildman–Crippen LogP) is 3.01. The van der Waals surface area contributed by atoms with Crippen LogP contribution in [0.15, 0.2) is 29.8 Å². The monoisotopic (exact) mass is 383 g/mol. The number of hydrogen-bond donors (Lipinski definition) is 1. The number of nitrogens with one attached hydrogen (secondary N) is 1. The van der Waals surface area contributed by atoms with Crippen molar-refractivity contribution in [3.05, 3.63) is 57.9 Å². The summed E-state index contributed by atoms with van der Waals surface area (Å²) in [6.45, 7) is 4.83. The molecule has 2 heterocycles. The van der Waals surface area contributed by atoms with E-state index in [2.05, 4.69) is 4.98 Å². The number of hydrogen-bond acceptors (Lipinski definition) is 6. The SMILES string of the molecule is CCOC(=O)c1c(C)[nH]c(C)c1C(=O)COC(=O)C1=Cc2ccccc2OC1. The lowest BCUT2D eigenvalue weighted by atomic mass is 10.1. The molecule has 0 saturated heterocycles. The summed E-state index contributed by atoms with van der Waals surface area (Å²) in [6.07, 6.45) is 1.68. The maximum absolute atomic E-state index is 12.6. The van der Waals surface area contributed by atoms with Crippen LogP contribution in [0.25, 0.3) is 6.08 Å². The summed E-state index contributed by atoms with van der Waals surface area (Å²) in [7, 11) is 0. The Morgan fingerprint density at radius 2 is 1.75 bits per heavy atom. The molecule has 3 rings (SSSR count). The molecular weight excluding hydrogens is 362 g/mol. The first-order valence-electron chi connectivity index (χ1n) is 8.91. The van der Waals surface area contributed by atoms with Crippen LogP contribution in [-0.4, -0.2) is 42.5 Å². The molecule has 1 aromatic heterocycles. The van der Waals surface area contributed by atoms with Gasteiger partial charge in [0.2, 0.25) is 5.78 Å². The summed E-state index contributed by atoms with van der Waals surface area (Å²) in [5.41, 5.74) is 2.51. The van der Waals surface area contributed by atoms with E-state index in [1.54, 1.807) is 26.8 Å². The van der Waals surface area contributed by atoms with Gasteiger partial charge in [-0.3, -0.25) is 4.79 Å². The van der Waals surface area contributed by atoms with E-state index < -0.39 is 24.3 Å². The fraction of sp³-hybridized carbons (Fsp3) is 0.286. The zero-order chi connectivity index (χ0) is 20.3. The maximum Gasteiger partial charge on any atom is 0.340 e. The summed E-state index contributed by atoms with van der Waals surface area (Å²) in [4.78, 5) is 40.1. The summed E-state index contributed by atoms with van der Waals surface area (Å²) in [5.74, 6) is -1.01. The fourth-order valence-corrected chi connectivity index (χ4v) is 3.12. The van der Waals surface area contributed by atoms with Crippen molar-refractivity contribution >= 4 is 23.8 Å². The third-order valence-electron chi connectivity index (χ3n) is 4.36. The van der Waals surface area contributed by atoms with Crippen LogP contribution in [0.4, 0.5) is 0 Å². The van der Waals surface area contributed by atoms with Gasteiger partial charge in [-0.15, -0.1) is 0 Å². The summed E-state index contributed by atoms with van der Waals surface area (Å²) in [6, 6.07) is 7.32. The number of benzene rings is 1. The number of esters is 2. The van der Waals surface area contributed by atoms with Gasteiger partial charge in [0, 0.05) is 17.0 Å². The molecule has 0 amide bonds. The predicted molar refractivity (Wildman–Crippen MR) is 101 cm³/mol. The quantitative estimate of drug-likeness (QED) is 0.609. The molecule has 2 aromatic rings. The lowest BCUT2D eigenvalue weighted by Crippen LogP contribution is -2.21. The molecule has 0 fully saturated rings. The van der Waals surface area contributed by atoms with E-state index in [1.807, 2.05) is 24.3 Å². The summed E-state index contributed by atoms with van der Waals surface area (Å²) in [5, 5.41) is 0. The maximum atomic E-state index is 12.6. The summed E-state index contributed by atoms with van der Waals surface area (Å²) >= 11 is 0. The molecule has 1 aliphatic heterocycles. The highest BCUT2D eigenvalue weighted by Crippen LogP contribution is 2.26. The van der Waals surface area contributed by atoms with Crippen LogP contribution in [0.3, 0.4) is 0 Å². The average molecular weight is 383 g/mol. The highest BCUT2D eigenvalue weighted by molar-refractivity contribution is 6.09. The number of aryl methyl sites for hydroxylation is 2. The molecule has 7 heteroatoms. The van der Waals surface area contributed by atoms with Crippen LogP contribution >= 0.6 is 0 Å². The topological polar surface area (TPSA) is 94.7 Å². The minimum Gasteiger partial charge on any atom is -0.488 e. The number of rotatable bonds is 6. The molecular formula is C21H21NO6.